The van der Waals surface area contributed by atoms with Gasteiger partial charge in [0.05, 0.1) is 17.6 Å². The van der Waals surface area contributed by atoms with Crippen LogP contribution in [0.15, 0.2) is 48.8 Å². The average molecular weight is 395 g/mol. The summed E-state index contributed by atoms with van der Waals surface area (Å²) in [5.74, 6) is 0.254. The van der Waals surface area contributed by atoms with Crippen molar-refractivity contribution in [2.75, 3.05) is 26.3 Å². The molecule has 2 atom stereocenters. The maximum absolute atomic E-state index is 13.8. The lowest BCUT2D eigenvalue weighted by Gasteiger charge is -2.43. The SMILES string of the molecule is C[C@@H]1CN(C(=O)C2(Cc3ccccc3-c3cccnc3)CCOCC2)C[C@@H](C)O1. The Labute approximate surface area is 173 Å². The Balaban J connectivity index is 1.66. The smallest absolute Gasteiger partial charge is 0.229 e. The largest absolute Gasteiger partial charge is 0.381 e. The maximum atomic E-state index is 13.8. The van der Waals surface area contributed by atoms with Crippen LogP contribution >= 0.6 is 0 Å². The lowest BCUT2D eigenvalue weighted by atomic mass is 9.72. The molecule has 0 N–H and O–H groups in total. The van der Waals surface area contributed by atoms with E-state index in [9.17, 15) is 4.79 Å². The van der Waals surface area contributed by atoms with Crippen LogP contribution in [0.2, 0.25) is 0 Å². The summed E-state index contributed by atoms with van der Waals surface area (Å²) in [6.45, 7) is 6.69. The summed E-state index contributed by atoms with van der Waals surface area (Å²) < 4.78 is 11.5. The Hall–Kier alpha value is -2.24. The molecular formula is C24H30N2O3. The first-order valence-corrected chi connectivity index (χ1v) is 10.6. The third-order valence-corrected chi connectivity index (χ3v) is 6.13. The Bertz CT molecular complexity index is 823. The Morgan fingerprint density at radius 2 is 1.83 bits per heavy atom. The number of carbonyl (C=O) groups is 1. The van der Waals surface area contributed by atoms with Crippen molar-refractivity contribution in [1.29, 1.82) is 0 Å². The zero-order valence-corrected chi connectivity index (χ0v) is 17.3. The molecule has 29 heavy (non-hydrogen) atoms. The molecule has 0 radical (unpaired) electrons. The topological polar surface area (TPSA) is 51.7 Å². The molecule has 3 heterocycles. The molecule has 2 aliphatic rings. The summed E-state index contributed by atoms with van der Waals surface area (Å²) in [6, 6.07) is 12.4. The van der Waals surface area contributed by atoms with Crippen molar-refractivity contribution in [3.63, 3.8) is 0 Å². The van der Waals surface area contributed by atoms with Gasteiger partial charge in [0.15, 0.2) is 0 Å². The first-order valence-electron chi connectivity index (χ1n) is 10.6. The van der Waals surface area contributed by atoms with E-state index in [0.717, 1.165) is 30.4 Å². The van der Waals surface area contributed by atoms with E-state index >= 15 is 0 Å². The molecule has 2 aromatic rings. The van der Waals surface area contributed by atoms with Crippen molar-refractivity contribution in [2.45, 2.75) is 45.3 Å². The quantitative estimate of drug-likeness (QED) is 0.793. The molecule has 5 nitrogen and oxygen atoms in total. The lowest BCUT2D eigenvalue weighted by Crippen LogP contribution is -2.55. The fraction of sp³-hybridized carbons (Fsp3) is 0.500. The van der Waals surface area contributed by atoms with E-state index in [1.807, 2.05) is 31.0 Å². The lowest BCUT2D eigenvalue weighted by molar-refractivity contribution is -0.159. The second-order valence-electron chi connectivity index (χ2n) is 8.44. The van der Waals surface area contributed by atoms with Gasteiger partial charge in [0.2, 0.25) is 5.91 Å². The first kappa shape index (κ1) is 20.0. The van der Waals surface area contributed by atoms with E-state index in [4.69, 9.17) is 9.47 Å². The van der Waals surface area contributed by atoms with Crippen LogP contribution in [0.25, 0.3) is 11.1 Å². The van der Waals surface area contributed by atoms with Crippen LogP contribution < -0.4 is 0 Å². The van der Waals surface area contributed by atoms with Gasteiger partial charge in [-0.05, 0) is 50.3 Å². The summed E-state index contributed by atoms with van der Waals surface area (Å²) in [4.78, 5) is 20.1. The van der Waals surface area contributed by atoms with Crippen molar-refractivity contribution in [3.05, 3.63) is 54.4 Å². The number of hydrogen-bond acceptors (Lipinski definition) is 4. The van der Waals surface area contributed by atoms with E-state index in [1.165, 1.54) is 5.56 Å². The summed E-state index contributed by atoms with van der Waals surface area (Å²) in [6.07, 6.45) is 6.06. The van der Waals surface area contributed by atoms with Crippen LogP contribution in [0.3, 0.4) is 0 Å². The minimum absolute atomic E-state index is 0.0715. The fourth-order valence-corrected chi connectivity index (χ4v) is 4.75. The van der Waals surface area contributed by atoms with Gasteiger partial charge in [0, 0.05) is 44.3 Å². The Morgan fingerprint density at radius 3 is 2.52 bits per heavy atom. The average Bonchev–Trinajstić information content (AvgIpc) is 2.74. The zero-order valence-electron chi connectivity index (χ0n) is 17.3. The van der Waals surface area contributed by atoms with Crippen LogP contribution in [0.5, 0.6) is 0 Å². The van der Waals surface area contributed by atoms with E-state index in [1.54, 1.807) is 6.20 Å². The molecule has 2 aliphatic heterocycles. The van der Waals surface area contributed by atoms with Crippen molar-refractivity contribution < 1.29 is 14.3 Å². The van der Waals surface area contributed by atoms with Crippen molar-refractivity contribution >= 4 is 5.91 Å². The molecule has 1 aromatic heterocycles. The van der Waals surface area contributed by atoms with Crippen LogP contribution in [-0.2, 0) is 20.7 Å². The molecule has 5 heteroatoms. The monoisotopic (exact) mass is 394 g/mol. The minimum Gasteiger partial charge on any atom is -0.381 e. The summed E-state index contributed by atoms with van der Waals surface area (Å²) in [5.41, 5.74) is 3.02. The van der Waals surface area contributed by atoms with E-state index in [0.29, 0.717) is 26.3 Å². The van der Waals surface area contributed by atoms with Crippen molar-refractivity contribution in [3.8, 4) is 11.1 Å². The molecule has 1 amide bonds. The number of amides is 1. The molecule has 0 unspecified atom stereocenters. The third-order valence-electron chi connectivity index (χ3n) is 6.13. The molecule has 2 fully saturated rings. The summed E-state index contributed by atoms with van der Waals surface area (Å²) >= 11 is 0. The second kappa shape index (κ2) is 8.64. The van der Waals surface area contributed by atoms with Crippen LogP contribution in [0.4, 0.5) is 0 Å². The van der Waals surface area contributed by atoms with Crippen LogP contribution in [-0.4, -0.2) is 54.3 Å². The minimum atomic E-state index is -0.423. The highest BCUT2D eigenvalue weighted by Crippen LogP contribution is 2.39. The highest BCUT2D eigenvalue weighted by atomic mass is 16.5. The van der Waals surface area contributed by atoms with Gasteiger partial charge in [-0.15, -0.1) is 0 Å². The van der Waals surface area contributed by atoms with E-state index in [-0.39, 0.29) is 18.1 Å². The highest BCUT2D eigenvalue weighted by molar-refractivity contribution is 5.84. The molecule has 0 aliphatic carbocycles. The van der Waals surface area contributed by atoms with Crippen molar-refractivity contribution in [1.82, 2.24) is 9.88 Å². The normalized spacial score (nSPS) is 24.3. The standard InChI is InChI=1S/C24H30N2O3/c1-18-16-26(17-19(2)29-18)23(27)24(9-12-28-13-10-24)14-20-6-3-4-8-22(20)21-7-5-11-25-15-21/h3-8,11,15,18-19H,9-10,12-14,16-17H2,1-2H3/t18-,19-/m1/s1. The number of nitrogens with zero attached hydrogens (tertiary/aromatic N) is 2. The predicted octanol–water partition coefficient (Wildman–Crippen LogP) is 3.72. The van der Waals surface area contributed by atoms with Gasteiger partial charge >= 0.3 is 0 Å². The van der Waals surface area contributed by atoms with Gasteiger partial charge in [-0.1, -0.05) is 30.3 Å². The third kappa shape index (κ3) is 4.36. The molecule has 2 saturated heterocycles. The summed E-state index contributed by atoms with van der Waals surface area (Å²) in [7, 11) is 0. The van der Waals surface area contributed by atoms with E-state index in [2.05, 4.69) is 35.3 Å². The number of aromatic nitrogens is 1. The number of pyridine rings is 1. The van der Waals surface area contributed by atoms with Crippen LogP contribution in [0.1, 0.15) is 32.3 Å². The number of benzene rings is 1. The van der Waals surface area contributed by atoms with Gasteiger partial charge < -0.3 is 14.4 Å². The molecule has 0 spiro atoms. The first-order chi connectivity index (χ1) is 14.1. The number of ether oxygens (including phenoxy) is 2. The second-order valence-corrected chi connectivity index (χ2v) is 8.44. The number of rotatable bonds is 4. The summed E-state index contributed by atoms with van der Waals surface area (Å²) in [5, 5.41) is 0. The van der Waals surface area contributed by atoms with Gasteiger partial charge in [0.25, 0.3) is 0 Å². The Kier molecular flexibility index (Phi) is 5.97. The van der Waals surface area contributed by atoms with E-state index < -0.39 is 5.41 Å². The molecule has 0 bridgehead atoms. The van der Waals surface area contributed by atoms with Gasteiger partial charge in [-0.2, -0.15) is 0 Å². The highest BCUT2D eigenvalue weighted by Gasteiger charge is 2.44. The van der Waals surface area contributed by atoms with Crippen LogP contribution in [0, 0.1) is 5.41 Å². The number of carbonyl (C=O) groups excluding carboxylic acids is 1. The van der Waals surface area contributed by atoms with Gasteiger partial charge in [0.1, 0.15) is 0 Å². The Morgan fingerprint density at radius 1 is 1.10 bits per heavy atom. The molecular weight excluding hydrogens is 364 g/mol. The zero-order chi connectivity index (χ0) is 20.3. The molecule has 1 aromatic carbocycles. The maximum Gasteiger partial charge on any atom is 0.229 e. The molecule has 0 saturated carbocycles. The molecule has 154 valence electrons. The number of hydrogen-bond donors (Lipinski definition) is 0. The number of morpholine rings is 1. The van der Waals surface area contributed by atoms with Gasteiger partial charge in [-0.3, -0.25) is 9.78 Å². The fourth-order valence-electron chi connectivity index (χ4n) is 4.75. The predicted molar refractivity (Wildman–Crippen MR) is 112 cm³/mol. The van der Waals surface area contributed by atoms with Gasteiger partial charge in [-0.25, -0.2) is 0 Å². The van der Waals surface area contributed by atoms with Crippen molar-refractivity contribution in [2.24, 2.45) is 5.41 Å². The molecule has 4 rings (SSSR count).